The van der Waals surface area contributed by atoms with Crippen molar-refractivity contribution in [2.45, 2.75) is 9.79 Å². The van der Waals surface area contributed by atoms with Crippen LogP contribution in [0.4, 0.5) is 0 Å². The smallest absolute Gasteiger partial charge is 0.343 e. The van der Waals surface area contributed by atoms with Gasteiger partial charge in [-0.3, -0.25) is 4.79 Å². The lowest BCUT2D eigenvalue weighted by Crippen LogP contribution is -2.21. The molecule has 3 aromatic rings. The topological polar surface area (TPSA) is 86.7 Å². The van der Waals surface area contributed by atoms with Gasteiger partial charge in [0.2, 0.25) is 9.84 Å². The Kier molecular flexibility index (Phi) is 4.24. The quantitative estimate of drug-likeness (QED) is 0.391. The molecule has 0 saturated carbocycles. The van der Waals surface area contributed by atoms with E-state index in [1.165, 1.54) is 37.4 Å². The third-order valence-corrected chi connectivity index (χ3v) is 6.29. The van der Waals surface area contributed by atoms with E-state index in [0.29, 0.717) is 5.75 Å². The second-order valence-electron chi connectivity index (χ2n) is 6.10. The van der Waals surface area contributed by atoms with Gasteiger partial charge in [-0.25, -0.2) is 13.2 Å². The second-order valence-corrected chi connectivity index (χ2v) is 7.99. The van der Waals surface area contributed by atoms with Gasteiger partial charge in [-0.2, -0.15) is 0 Å². The van der Waals surface area contributed by atoms with Crippen LogP contribution < -0.4 is 9.47 Å². The van der Waals surface area contributed by atoms with Gasteiger partial charge in [-0.1, -0.05) is 12.1 Å². The first-order chi connectivity index (χ1) is 13.4. The molecule has 0 aromatic heterocycles. The second kappa shape index (κ2) is 6.61. The van der Waals surface area contributed by atoms with Crippen LogP contribution in [-0.4, -0.2) is 27.3 Å². The van der Waals surface area contributed by atoms with Gasteiger partial charge in [-0.05, 0) is 54.6 Å². The van der Waals surface area contributed by atoms with Crippen LogP contribution in [0.2, 0.25) is 0 Å². The van der Waals surface area contributed by atoms with E-state index < -0.39 is 21.6 Å². The Bertz CT molecular complexity index is 1210. The molecular formula is C21H14O6S. The molecule has 0 unspecified atom stereocenters. The minimum Gasteiger partial charge on any atom is -0.497 e. The number of hydrogen-bond acceptors (Lipinski definition) is 6. The van der Waals surface area contributed by atoms with Crippen molar-refractivity contribution in [1.82, 2.24) is 0 Å². The largest absolute Gasteiger partial charge is 0.497 e. The molecule has 3 aromatic carbocycles. The number of methoxy groups -OCH3 is 1. The molecule has 6 nitrogen and oxygen atoms in total. The van der Waals surface area contributed by atoms with Gasteiger partial charge in [0.05, 0.1) is 22.5 Å². The zero-order valence-corrected chi connectivity index (χ0v) is 15.5. The van der Waals surface area contributed by atoms with Crippen LogP contribution >= 0.6 is 0 Å². The van der Waals surface area contributed by atoms with Crippen LogP contribution in [0.15, 0.2) is 76.5 Å². The highest BCUT2D eigenvalue weighted by Crippen LogP contribution is 2.35. The van der Waals surface area contributed by atoms with Crippen molar-refractivity contribution in [3.05, 3.63) is 83.4 Å². The van der Waals surface area contributed by atoms with E-state index in [2.05, 4.69) is 0 Å². The first kappa shape index (κ1) is 17.9. The van der Waals surface area contributed by atoms with Crippen molar-refractivity contribution in [2.24, 2.45) is 0 Å². The molecule has 1 aliphatic rings. The summed E-state index contributed by atoms with van der Waals surface area (Å²) in [5.41, 5.74) is 0.202. The Balaban J connectivity index is 1.71. The Labute approximate surface area is 161 Å². The number of rotatable bonds is 3. The maximum atomic E-state index is 12.9. The average Bonchev–Trinajstić information content (AvgIpc) is 2.72. The number of ketones is 1. The van der Waals surface area contributed by atoms with Gasteiger partial charge in [0, 0.05) is 11.1 Å². The molecule has 0 bridgehead atoms. The summed E-state index contributed by atoms with van der Waals surface area (Å²) in [5, 5.41) is 0. The highest BCUT2D eigenvalue weighted by Gasteiger charge is 2.35. The molecule has 0 amide bonds. The molecule has 0 atom stereocenters. The lowest BCUT2D eigenvalue weighted by molar-refractivity contribution is 0.0733. The molecule has 140 valence electrons. The van der Waals surface area contributed by atoms with Crippen molar-refractivity contribution in [1.29, 1.82) is 0 Å². The van der Waals surface area contributed by atoms with Crippen LogP contribution in [0.25, 0.3) is 0 Å². The minimum atomic E-state index is -3.92. The predicted molar refractivity (Wildman–Crippen MR) is 99.7 cm³/mol. The van der Waals surface area contributed by atoms with Crippen molar-refractivity contribution in [2.75, 3.05) is 7.11 Å². The van der Waals surface area contributed by atoms with Crippen LogP contribution in [0.1, 0.15) is 26.3 Å². The van der Waals surface area contributed by atoms with E-state index >= 15 is 0 Å². The highest BCUT2D eigenvalue weighted by molar-refractivity contribution is 7.91. The molecule has 1 heterocycles. The Hall–Kier alpha value is -3.45. The van der Waals surface area contributed by atoms with Crippen molar-refractivity contribution < 1.29 is 27.5 Å². The fourth-order valence-corrected chi connectivity index (χ4v) is 4.70. The molecule has 0 radical (unpaired) electrons. The molecule has 4 rings (SSSR count). The molecular weight excluding hydrogens is 380 g/mol. The molecule has 0 fully saturated rings. The van der Waals surface area contributed by atoms with Crippen LogP contribution in [0.5, 0.6) is 11.5 Å². The molecule has 0 aliphatic carbocycles. The van der Waals surface area contributed by atoms with Crippen LogP contribution in [-0.2, 0) is 9.84 Å². The summed E-state index contributed by atoms with van der Waals surface area (Å²) in [5.74, 6) is -0.227. The summed E-state index contributed by atoms with van der Waals surface area (Å²) < 4.78 is 36.2. The highest BCUT2D eigenvalue weighted by atomic mass is 32.2. The monoisotopic (exact) mass is 394 g/mol. The van der Waals surface area contributed by atoms with E-state index in [0.717, 1.165) is 0 Å². The summed E-state index contributed by atoms with van der Waals surface area (Å²) in [7, 11) is -2.40. The normalized spacial score (nSPS) is 14.0. The number of sulfone groups is 1. The average molecular weight is 394 g/mol. The standard InChI is InChI=1S/C21H14O6S/c1-26-14-7-9-15(10-8-14)27-21(23)13-6-11-17-19(12-13)28(24,25)18-5-3-2-4-16(18)20(17)22/h2-12H,1H3. The first-order valence-corrected chi connectivity index (χ1v) is 9.79. The van der Waals surface area contributed by atoms with Crippen molar-refractivity contribution in [3.63, 3.8) is 0 Å². The minimum absolute atomic E-state index is 0.0327. The number of carbonyl (C=O) groups excluding carboxylic acids is 2. The van der Waals surface area contributed by atoms with Gasteiger partial charge in [0.15, 0.2) is 5.78 Å². The number of fused-ring (bicyclic) bond motifs is 2. The molecule has 0 N–H and O–H groups in total. The van der Waals surface area contributed by atoms with Gasteiger partial charge >= 0.3 is 5.97 Å². The summed E-state index contributed by atoms with van der Waals surface area (Å²) in [4.78, 5) is 24.8. The maximum absolute atomic E-state index is 12.9. The Morgan fingerprint density at radius 3 is 2.18 bits per heavy atom. The van der Waals surface area contributed by atoms with Gasteiger partial charge in [0.1, 0.15) is 11.5 Å². The van der Waals surface area contributed by atoms with E-state index in [-0.39, 0.29) is 32.2 Å². The fraction of sp³-hybridized carbons (Fsp3) is 0.0476. The fourth-order valence-electron chi connectivity index (χ4n) is 3.02. The number of ether oxygens (including phenoxy) is 2. The predicted octanol–water partition coefficient (Wildman–Crippen LogP) is 3.29. The molecule has 28 heavy (non-hydrogen) atoms. The van der Waals surface area contributed by atoms with Crippen molar-refractivity contribution in [3.8, 4) is 11.5 Å². The molecule has 7 heteroatoms. The number of hydrogen-bond donors (Lipinski definition) is 0. The number of carbonyl (C=O) groups is 2. The van der Waals surface area contributed by atoms with E-state index in [4.69, 9.17) is 9.47 Å². The Morgan fingerprint density at radius 1 is 0.821 bits per heavy atom. The summed E-state index contributed by atoms with van der Waals surface area (Å²) >= 11 is 0. The zero-order chi connectivity index (χ0) is 19.9. The summed E-state index contributed by atoms with van der Waals surface area (Å²) in [6, 6.07) is 16.3. The molecule has 1 aliphatic heterocycles. The van der Waals surface area contributed by atoms with E-state index in [9.17, 15) is 18.0 Å². The van der Waals surface area contributed by atoms with Crippen LogP contribution in [0.3, 0.4) is 0 Å². The number of benzene rings is 3. The zero-order valence-electron chi connectivity index (χ0n) is 14.7. The van der Waals surface area contributed by atoms with E-state index in [1.807, 2.05) is 0 Å². The van der Waals surface area contributed by atoms with E-state index in [1.54, 1.807) is 36.4 Å². The lowest BCUT2D eigenvalue weighted by atomic mass is 10.0. The van der Waals surface area contributed by atoms with Gasteiger partial charge in [-0.15, -0.1) is 0 Å². The van der Waals surface area contributed by atoms with Crippen LogP contribution in [0, 0.1) is 0 Å². The lowest BCUT2D eigenvalue weighted by Gasteiger charge is -2.19. The summed E-state index contributed by atoms with van der Waals surface area (Å²) in [6.07, 6.45) is 0. The third kappa shape index (κ3) is 2.86. The SMILES string of the molecule is COc1ccc(OC(=O)c2ccc3c(c2)S(=O)(=O)c2ccccc2C3=O)cc1. The maximum Gasteiger partial charge on any atom is 0.343 e. The van der Waals surface area contributed by atoms with Crippen molar-refractivity contribution >= 4 is 21.6 Å². The molecule has 0 saturated heterocycles. The number of esters is 1. The first-order valence-electron chi connectivity index (χ1n) is 8.31. The summed E-state index contributed by atoms with van der Waals surface area (Å²) in [6.45, 7) is 0. The Morgan fingerprint density at radius 2 is 1.46 bits per heavy atom. The van der Waals surface area contributed by atoms with Gasteiger partial charge < -0.3 is 9.47 Å². The molecule has 0 spiro atoms. The van der Waals surface area contributed by atoms with Gasteiger partial charge in [0.25, 0.3) is 0 Å². The third-order valence-electron chi connectivity index (χ3n) is 4.44.